The number of ketones is 1. The number of carboxylic acids is 1. The molecule has 0 fully saturated rings. The maximum absolute atomic E-state index is 11.3. The predicted octanol–water partition coefficient (Wildman–Crippen LogP) is 2.22. The van der Waals surface area contributed by atoms with Gasteiger partial charge in [0.05, 0.1) is 5.69 Å². The van der Waals surface area contributed by atoms with E-state index in [-0.39, 0.29) is 17.2 Å². The first kappa shape index (κ1) is 11.2. The summed E-state index contributed by atoms with van der Waals surface area (Å²) in [5.74, 6) is -1.46. The molecule has 0 amide bonds. The highest BCUT2D eigenvalue weighted by Crippen LogP contribution is 2.32. The fourth-order valence-electron chi connectivity index (χ4n) is 1.88. The summed E-state index contributed by atoms with van der Waals surface area (Å²) in [5.41, 5.74) is 7.32. The molecular formula is C12H11NO4. The summed E-state index contributed by atoms with van der Waals surface area (Å²) >= 11 is 0. The molecule has 2 aromatic rings. The van der Waals surface area contributed by atoms with Crippen molar-refractivity contribution < 1.29 is 19.1 Å². The van der Waals surface area contributed by atoms with E-state index in [1.807, 2.05) is 0 Å². The molecule has 0 bridgehead atoms. The number of benzene rings is 1. The van der Waals surface area contributed by atoms with Crippen LogP contribution in [0.3, 0.4) is 0 Å². The fraction of sp³-hybridized carbons (Fsp3) is 0.167. The second kappa shape index (κ2) is 3.62. The zero-order chi connectivity index (χ0) is 12.7. The van der Waals surface area contributed by atoms with E-state index in [0.29, 0.717) is 22.1 Å². The Morgan fingerprint density at radius 3 is 2.53 bits per heavy atom. The summed E-state index contributed by atoms with van der Waals surface area (Å²) in [6, 6.07) is 3.09. The Morgan fingerprint density at radius 1 is 1.35 bits per heavy atom. The van der Waals surface area contributed by atoms with E-state index in [2.05, 4.69) is 0 Å². The number of carbonyl (C=O) groups is 2. The van der Waals surface area contributed by atoms with Crippen molar-refractivity contribution in [3.63, 3.8) is 0 Å². The maximum Gasteiger partial charge on any atom is 0.372 e. The van der Waals surface area contributed by atoms with Gasteiger partial charge in [0.1, 0.15) is 5.58 Å². The number of furan rings is 1. The van der Waals surface area contributed by atoms with Gasteiger partial charge in [-0.1, -0.05) is 0 Å². The highest BCUT2D eigenvalue weighted by molar-refractivity contribution is 6.09. The Morgan fingerprint density at radius 2 is 2.00 bits per heavy atom. The number of nitrogen functional groups attached to an aromatic ring is 1. The summed E-state index contributed by atoms with van der Waals surface area (Å²) in [6.07, 6.45) is 0. The summed E-state index contributed by atoms with van der Waals surface area (Å²) in [6.45, 7) is 3.01. The number of fused-ring (bicyclic) bond motifs is 1. The van der Waals surface area contributed by atoms with E-state index < -0.39 is 5.97 Å². The predicted molar refractivity (Wildman–Crippen MR) is 62.3 cm³/mol. The Bertz CT molecular complexity index is 627. The molecule has 0 unspecified atom stereocenters. The molecule has 5 nitrogen and oxygen atoms in total. The van der Waals surface area contributed by atoms with Gasteiger partial charge in [0.25, 0.3) is 0 Å². The third-order valence-corrected chi connectivity index (χ3v) is 2.71. The second-order valence-electron chi connectivity index (χ2n) is 3.82. The van der Waals surface area contributed by atoms with Crippen molar-refractivity contribution in [1.29, 1.82) is 0 Å². The second-order valence-corrected chi connectivity index (χ2v) is 3.82. The van der Waals surface area contributed by atoms with Crippen LogP contribution in [0.1, 0.15) is 33.4 Å². The molecule has 3 N–H and O–H groups in total. The van der Waals surface area contributed by atoms with Gasteiger partial charge in [0.2, 0.25) is 5.76 Å². The minimum absolute atomic E-state index is 0.146. The molecule has 1 aromatic heterocycles. The lowest BCUT2D eigenvalue weighted by atomic mass is 10.0. The van der Waals surface area contributed by atoms with E-state index in [9.17, 15) is 9.59 Å². The average molecular weight is 233 g/mol. The quantitative estimate of drug-likeness (QED) is 0.612. The lowest BCUT2D eigenvalue weighted by Gasteiger charge is -2.02. The van der Waals surface area contributed by atoms with Crippen LogP contribution in [0.25, 0.3) is 11.0 Å². The highest BCUT2D eigenvalue weighted by atomic mass is 16.4. The Labute approximate surface area is 96.8 Å². The van der Waals surface area contributed by atoms with Crippen LogP contribution in [0.4, 0.5) is 5.69 Å². The molecule has 0 atom stereocenters. The van der Waals surface area contributed by atoms with Crippen molar-refractivity contribution in [3.8, 4) is 0 Å². The molecule has 0 aliphatic carbocycles. The number of aromatic carboxylic acids is 1. The van der Waals surface area contributed by atoms with Gasteiger partial charge in [-0.2, -0.15) is 0 Å². The van der Waals surface area contributed by atoms with Crippen molar-refractivity contribution in [3.05, 3.63) is 29.0 Å². The number of carbonyl (C=O) groups excluding carboxylic acids is 1. The monoisotopic (exact) mass is 233 g/mol. The molecule has 0 aliphatic rings. The summed E-state index contributed by atoms with van der Waals surface area (Å²) in [4.78, 5) is 22.3. The van der Waals surface area contributed by atoms with E-state index in [0.717, 1.165) is 0 Å². The van der Waals surface area contributed by atoms with Crippen LogP contribution in [0.2, 0.25) is 0 Å². The highest BCUT2D eigenvalue weighted by Gasteiger charge is 2.20. The van der Waals surface area contributed by atoms with Crippen molar-refractivity contribution in [1.82, 2.24) is 0 Å². The molecule has 88 valence electrons. The molecule has 17 heavy (non-hydrogen) atoms. The number of nitrogens with two attached hydrogens (primary N) is 1. The van der Waals surface area contributed by atoms with Crippen LogP contribution < -0.4 is 5.73 Å². The number of carboxylic acid groups (broad SMARTS) is 1. The van der Waals surface area contributed by atoms with Crippen LogP contribution in [0, 0.1) is 6.92 Å². The van der Waals surface area contributed by atoms with Gasteiger partial charge in [-0.3, -0.25) is 4.79 Å². The minimum Gasteiger partial charge on any atom is -0.475 e. The first-order valence-electron chi connectivity index (χ1n) is 4.99. The van der Waals surface area contributed by atoms with Crippen LogP contribution in [0.15, 0.2) is 16.5 Å². The third-order valence-electron chi connectivity index (χ3n) is 2.71. The van der Waals surface area contributed by atoms with Gasteiger partial charge in [-0.15, -0.1) is 0 Å². The normalized spacial score (nSPS) is 10.7. The molecule has 5 heteroatoms. The number of hydrogen-bond acceptors (Lipinski definition) is 4. The molecule has 2 rings (SSSR count). The third kappa shape index (κ3) is 1.56. The van der Waals surface area contributed by atoms with Gasteiger partial charge in [-0.05, 0) is 26.0 Å². The van der Waals surface area contributed by atoms with E-state index in [1.165, 1.54) is 13.0 Å². The number of rotatable bonds is 2. The van der Waals surface area contributed by atoms with Crippen LogP contribution >= 0.6 is 0 Å². The summed E-state index contributed by atoms with van der Waals surface area (Å²) < 4.78 is 5.18. The van der Waals surface area contributed by atoms with Gasteiger partial charge >= 0.3 is 5.97 Å². The van der Waals surface area contributed by atoms with Gasteiger partial charge in [0, 0.05) is 16.5 Å². The standard InChI is InChI=1S/C12H11NO4/c1-5-9-8(17-11(5)12(15)16)4-3-7(6(2)14)10(9)13/h3-4H,13H2,1-2H3,(H,15,16). The fourth-order valence-corrected chi connectivity index (χ4v) is 1.88. The molecule has 1 heterocycles. The lowest BCUT2D eigenvalue weighted by molar-refractivity contribution is 0.0663. The van der Waals surface area contributed by atoms with E-state index in [4.69, 9.17) is 15.3 Å². The number of anilines is 1. The zero-order valence-corrected chi connectivity index (χ0v) is 9.40. The van der Waals surface area contributed by atoms with Crippen molar-refractivity contribution in [2.45, 2.75) is 13.8 Å². The number of aryl methyl sites for hydroxylation is 1. The molecule has 0 saturated carbocycles. The zero-order valence-electron chi connectivity index (χ0n) is 9.40. The lowest BCUT2D eigenvalue weighted by Crippen LogP contribution is -2.00. The van der Waals surface area contributed by atoms with Crippen molar-refractivity contribution in [2.75, 3.05) is 5.73 Å². The Kier molecular flexibility index (Phi) is 2.38. The number of Topliss-reactive ketones (excluding diaryl/α,β-unsaturated/α-hetero) is 1. The Balaban J connectivity index is 2.86. The Hall–Kier alpha value is -2.30. The topological polar surface area (TPSA) is 93.5 Å². The average Bonchev–Trinajstić information content (AvgIpc) is 2.56. The van der Waals surface area contributed by atoms with E-state index >= 15 is 0 Å². The van der Waals surface area contributed by atoms with Gasteiger partial charge in [0.15, 0.2) is 5.78 Å². The molecule has 0 spiro atoms. The van der Waals surface area contributed by atoms with Gasteiger partial charge < -0.3 is 15.3 Å². The van der Waals surface area contributed by atoms with Crippen LogP contribution in [0.5, 0.6) is 0 Å². The van der Waals surface area contributed by atoms with E-state index in [1.54, 1.807) is 13.0 Å². The molecular weight excluding hydrogens is 222 g/mol. The first-order valence-corrected chi connectivity index (χ1v) is 4.99. The molecule has 0 aliphatic heterocycles. The summed E-state index contributed by atoms with van der Waals surface area (Å²) in [7, 11) is 0. The number of hydrogen-bond donors (Lipinski definition) is 2. The molecule has 1 aromatic carbocycles. The van der Waals surface area contributed by atoms with Crippen LogP contribution in [-0.4, -0.2) is 16.9 Å². The van der Waals surface area contributed by atoms with Crippen molar-refractivity contribution >= 4 is 28.4 Å². The minimum atomic E-state index is -1.15. The smallest absolute Gasteiger partial charge is 0.372 e. The van der Waals surface area contributed by atoms with Crippen molar-refractivity contribution in [2.24, 2.45) is 0 Å². The largest absolute Gasteiger partial charge is 0.475 e. The summed E-state index contributed by atoms with van der Waals surface area (Å²) in [5, 5.41) is 9.43. The molecule has 0 saturated heterocycles. The maximum atomic E-state index is 11.3. The SMILES string of the molecule is CC(=O)c1ccc2oc(C(=O)O)c(C)c2c1N. The molecule has 0 radical (unpaired) electrons. The van der Waals surface area contributed by atoms with Crippen LogP contribution in [-0.2, 0) is 0 Å². The first-order chi connectivity index (χ1) is 7.93. The van der Waals surface area contributed by atoms with Gasteiger partial charge in [-0.25, -0.2) is 4.79 Å².